The number of aromatic amines is 1. The Bertz CT molecular complexity index is 768. The number of nitrogens with zero attached hydrogens (tertiary/aromatic N) is 3. The highest BCUT2D eigenvalue weighted by atomic mass is 16.2. The maximum atomic E-state index is 12.2. The second-order valence-corrected chi connectivity index (χ2v) is 6.31. The molecule has 0 aromatic carbocycles. The molecule has 2 heterocycles. The number of imidazole rings is 1. The largest absolute Gasteiger partial charge is 0.350 e. The van der Waals surface area contributed by atoms with Crippen LogP contribution in [0.2, 0.25) is 0 Å². The number of fused-ring (bicyclic) bond motifs is 1. The summed E-state index contributed by atoms with van der Waals surface area (Å²) in [7, 11) is 5.77. The van der Waals surface area contributed by atoms with E-state index < -0.39 is 11.2 Å². The lowest BCUT2D eigenvalue weighted by Crippen LogP contribution is -3.06. The fourth-order valence-corrected chi connectivity index (χ4v) is 2.34. The molecule has 0 aliphatic heterocycles. The summed E-state index contributed by atoms with van der Waals surface area (Å²) in [4.78, 5) is 32.1. The van der Waals surface area contributed by atoms with Gasteiger partial charge in [0.2, 0.25) is 5.95 Å². The molecule has 0 bridgehead atoms. The first-order chi connectivity index (χ1) is 10.3. The normalized spacial score (nSPS) is 11.8. The Morgan fingerprint density at radius 2 is 2.00 bits per heavy atom. The summed E-state index contributed by atoms with van der Waals surface area (Å²) in [6.07, 6.45) is 0. The minimum absolute atomic E-state index is 0.356. The van der Waals surface area contributed by atoms with Crippen molar-refractivity contribution >= 4 is 17.1 Å². The van der Waals surface area contributed by atoms with Gasteiger partial charge in [-0.05, 0) is 5.92 Å². The summed E-state index contributed by atoms with van der Waals surface area (Å²) >= 11 is 0. The molecule has 2 rings (SSSR count). The number of H-pyrrole nitrogens is 1. The van der Waals surface area contributed by atoms with E-state index >= 15 is 0 Å². The molecule has 0 spiro atoms. The van der Waals surface area contributed by atoms with Gasteiger partial charge in [-0.3, -0.25) is 14.3 Å². The third-order valence-corrected chi connectivity index (χ3v) is 3.46. The average molecular weight is 309 g/mol. The molecule has 8 heteroatoms. The minimum Gasteiger partial charge on any atom is -0.350 e. The Balaban J connectivity index is 2.54. The first-order valence-electron chi connectivity index (χ1n) is 7.53. The molecule has 3 N–H and O–H groups in total. The second kappa shape index (κ2) is 6.35. The van der Waals surface area contributed by atoms with Gasteiger partial charge in [-0.25, -0.2) is 4.79 Å². The highest BCUT2D eigenvalue weighted by Crippen LogP contribution is 2.16. The molecular weight excluding hydrogens is 284 g/mol. The summed E-state index contributed by atoms with van der Waals surface area (Å²) < 4.78 is 3.24. The molecule has 8 nitrogen and oxygen atoms in total. The van der Waals surface area contributed by atoms with Crippen molar-refractivity contribution in [3.05, 3.63) is 20.8 Å². The molecule has 0 radical (unpaired) electrons. The fourth-order valence-electron chi connectivity index (χ4n) is 2.34. The van der Waals surface area contributed by atoms with Gasteiger partial charge in [0.15, 0.2) is 11.2 Å². The Hall–Kier alpha value is -2.09. The summed E-state index contributed by atoms with van der Waals surface area (Å²) in [5, 5.41) is 3.28. The summed E-state index contributed by atoms with van der Waals surface area (Å²) in [5.41, 5.74) is 0.0121. The predicted molar refractivity (Wildman–Crippen MR) is 86.6 cm³/mol. The van der Waals surface area contributed by atoms with Crippen LogP contribution in [0.15, 0.2) is 9.59 Å². The molecule has 0 amide bonds. The van der Waals surface area contributed by atoms with Crippen LogP contribution in [-0.2, 0) is 13.6 Å². The molecule has 0 saturated carbocycles. The molecule has 2 aromatic rings. The first-order valence-corrected chi connectivity index (χ1v) is 7.53. The van der Waals surface area contributed by atoms with E-state index in [9.17, 15) is 9.59 Å². The third-order valence-electron chi connectivity index (χ3n) is 3.46. The number of nitrogens with one attached hydrogen (secondary N) is 3. The lowest BCUT2D eigenvalue weighted by Gasteiger charge is -2.13. The van der Waals surface area contributed by atoms with E-state index in [-0.39, 0.29) is 0 Å². The van der Waals surface area contributed by atoms with Crippen LogP contribution in [0.3, 0.4) is 0 Å². The third kappa shape index (κ3) is 3.22. The Morgan fingerprint density at radius 3 is 2.59 bits per heavy atom. The molecular formula is C14H25N6O2+. The van der Waals surface area contributed by atoms with Gasteiger partial charge in [0.25, 0.3) is 5.56 Å². The van der Waals surface area contributed by atoms with Crippen LogP contribution >= 0.6 is 0 Å². The highest BCUT2D eigenvalue weighted by Gasteiger charge is 2.17. The maximum absolute atomic E-state index is 12.2. The molecule has 22 heavy (non-hydrogen) atoms. The topological polar surface area (TPSA) is 89.2 Å². The summed E-state index contributed by atoms with van der Waals surface area (Å²) in [6, 6.07) is 0. The number of hydrogen-bond donors (Lipinski definition) is 3. The molecule has 0 unspecified atom stereocenters. The number of hydrogen-bond acceptors (Lipinski definition) is 4. The van der Waals surface area contributed by atoms with E-state index in [2.05, 4.69) is 43.2 Å². The number of likely N-dealkylation sites (N-methyl/N-ethyl adjacent to an activating group) is 1. The number of rotatable bonds is 6. The van der Waals surface area contributed by atoms with Gasteiger partial charge in [0.1, 0.15) is 0 Å². The minimum atomic E-state index is -0.448. The van der Waals surface area contributed by atoms with Gasteiger partial charge in [-0.15, -0.1) is 0 Å². The highest BCUT2D eigenvalue weighted by molar-refractivity contribution is 5.74. The van der Waals surface area contributed by atoms with E-state index in [4.69, 9.17) is 0 Å². The van der Waals surface area contributed by atoms with Crippen LogP contribution in [0.4, 0.5) is 5.95 Å². The van der Waals surface area contributed by atoms with Crippen molar-refractivity contribution in [1.82, 2.24) is 19.1 Å². The Kier molecular flexibility index (Phi) is 4.70. The average Bonchev–Trinajstić information content (AvgIpc) is 2.74. The standard InChI is InChI=1S/C14H24N6O2/c1-9(2)8-20-10-11(19(5)14(22)17-12(10)21)16-13(20)15-6-7-18(3)4/h9H,6-8H2,1-5H3,(H,15,16)(H,17,21,22)/p+1. The van der Waals surface area contributed by atoms with Gasteiger partial charge < -0.3 is 14.8 Å². The molecule has 2 aromatic heterocycles. The van der Waals surface area contributed by atoms with Crippen molar-refractivity contribution in [2.45, 2.75) is 20.4 Å². The summed E-state index contributed by atoms with van der Waals surface area (Å²) in [5.74, 6) is 0.991. The van der Waals surface area contributed by atoms with Crippen LogP contribution in [0.5, 0.6) is 0 Å². The van der Waals surface area contributed by atoms with Gasteiger partial charge >= 0.3 is 5.69 Å². The van der Waals surface area contributed by atoms with E-state index in [1.807, 2.05) is 4.57 Å². The second-order valence-electron chi connectivity index (χ2n) is 6.31. The molecule has 0 fully saturated rings. The number of aryl methyl sites for hydroxylation is 1. The predicted octanol–water partition coefficient (Wildman–Crippen LogP) is -1.36. The van der Waals surface area contributed by atoms with Crippen molar-refractivity contribution in [1.29, 1.82) is 0 Å². The fraction of sp³-hybridized carbons (Fsp3) is 0.643. The van der Waals surface area contributed by atoms with Crippen molar-refractivity contribution in [3.63, 3.8) is 0 Å². The lowest BCUT2D eigenvalue weighted by molar-refractivity contribution is -0.856. The van der Waals surface area contributed by atoms with Gasteiger partial charge in [0, 0.05) is 13.6 Å². The van der Waals surface area contributed by atoms with E-state index in [0.717, 1.165) is 13.1 Å². The molecule has 0 aliphatic rings. The molecule has 0 saturated heterocycles. The van der Waals surface area contributed by atoms with Crippen LogP contribution in [0.1, 0.15) is 13.8 Å². The van der Waals surface area contributed by atoms with Crippen molar-refractivity contribution in [2.75, 3.05) is 32.5 Å². The zero-order valence-corrected chi connectivity index (χ0v) is 13.9. The lowest BCUT2D eigenvalue weighted by atomic mass is 10.2. The number of aromatic nitrogens is 4. The van der Waals surface area contributed by atoms with Gasteiger partial charge in [-0.2, -0.15) is 4.98 Å². The monoisotopic (exact) mass is 309 g/mol. The molecule has 122 valence electrons. The van der Waals surface area contributed by atoms with Crippen molar-refractivity contribution in [2.24, 2.45) is 13.0 Å². The van der Waals surface area contributed by atoms with Gasteiger partial charge in [0.05, 0.1) is 27.2 Å². The molecule has 0 aliphatic carbocycles. The zero-order valence-electron chi connectivity index (χ0n) is 13.9. The van der Waals surface area contributed by atoms with Crippen LogP contribution in [-0.4, -0.2) is 46.3 Å². The molecule has 0 atom stereocenters. The smallest absolute Gasteiger partial charge is 0.329 e. The SMILES string of the molecule is CC(C)Cn1c(NCC[NH+](C)C)nc2c1c(=O)[nH]c(=O)n2C. The number of quaternary nitrogens is 1. The van der Waals surface area contributed by atoms with Gasteiger partial charge in [-0.1, -0.05) is 13.8 Å². The van der Waals surface area contributed by atoms with Crippen molar-refractivity contribution < 1.29 is 4.90 Å². The quantitative estimate of drug-likeness (QED) is 0.615. The maximum Gasteiger partial charge on any atom is 0.329 e. The Morgan fingerprint density at radius 1 is 1.32 bits per heavy atom. The Labute approximate surface area is 128 Å². The van der Waals surface area contributed by atoms with E-state index in [1.54, 1.807) is 7.05 Å². The van der Waals surface area contributed by atoms with E-state index in [1.165, 1.54) is 9.47 Å². The van der Waals surface area contributed by atoms with E-state index in [0.29, 0.717) is 29.6 Å². The van der Waals surface area contributed by atoms with Crippen LogP contribution < -0.4 is 21.5 Å². The number of anilines is 1. The van der Waals surface area contributed by atoms with Crippen LogP contribution in [0, 0.1) is 5.92 Å². The van der Waals surface area contributed by atoms with Crippen LogP contribution in [0.25, 0.3) is 11.2 Å². The van der Waals surface area contributed by atoms with Crippen molar-refractivity contribution in [3.8, 4) is 0 Å². The zero-order chi connectivity index (χ0) is 16.4. The first kappa shape index (κ1) is 16.3. The summed E-state index contributed by atoms with van der Waals surface area (Å²) in [6.45, 7) is 6.50.